The van der Waals surface area contributed by atoms with E-state index in [1.165, 1.54) is 0 Å². The minimum absolute atomic E-state index is 0.0257. The van der Waals surface area contributed by atoms with Crippen molar-refractivity contribution in [2.75, 3.05) is 29.5 Å². The lowest BCUT2D eigenvalue weighted by Crippen LogP contribution is -2.25. The molecule has 110 valence electrons. The molecule has 0 radical (unpaired) electrons. The summed E-state index contributed by atoms with van der Waals surface area (Å²) in [5.41, 5.74) is 9.10. The fourth-order valence-corrected chi connectivity index (χ4v) is 2.19. The van der Waals surface area contributed by atoms with Crippen molar-refractivity contribution in [2.45, 2.75) is 13.5 Å². The summed E-state index contributed by atoms with van der Waals surface area (Å²) in [5, 5.41) is 10.2. The van der Waals surface area contributed by atoms with Crippen molar-refractivity contribution in [1.29, 1.82) is 0 Å². The van der Waals surface area contributed by atoms with Crippen LogP contribution in [-0.2, 0) is 11.3 Å². The average Bonchev–Trinajstić information content (AvgIpc) is 2.85. The maximum absolute atomic E-state index is 11.3. The van der Waals surface area contributed by atoms with E-state index in [4.69, 9.17) is 10.5 Å². The van der Waals surface area contributed by atoms with Crippen LogP contribution in [0.2, 0.25) is 0 Å². The third-order valence-corrected chi connectivity index (χ3v) is 3.20. The van der Waals surface area contributed by atoms with Crippen LogP contribution in [0.5, 0.6) is 5.75 Å². The average molecular weight is 287 g/mol. The molecule has 1 aromatic carbocycles. The van der Waals surface area contributed by atoms with E-state index in [-0.39, 0.29) is 12.5 Å². The van der Waals surface area contributed by atoms with Crippen LogP contribution in [-0.4, -0.2) is 28.8 Å². The van der Waals surface area contributed by atoms with Gasteiger partial charge in [-0.15, -0.1) is 0 Å². The molecule has 3 rings (SSSR count). The van der Waals surface area contributed by atoms with Gasteiger partial charge in [-0.1, -0.05) is 0 Å². The van der Waals surface area contributed by atoms with Crippen LogP contribution in [0.4, 0.5) is 17.1 Å². The van der Waals surface area contributed by atoms with Crippen molar-refractivity contribution >= 4 is 23.0 Å². The Morgan fingerprint density at radius 1 is 1.52 bits per heavy atom. The Kier molecular flexibility index (Phi) is 3.39. The molecular formula is C14H17N5O2. The van der Waals surface area contributed by atoms with Crippen LogP contribution in [0.15, 0.2) is 24.5 Å². The lowest BCUT2D eigenvalue weighted by atomic mass is 10.2. The minimum Gasteiger partial charge on any atom is -0.482 e. The van der Waals surface area contributed by atoms with E-state index in [1.54, 1.807) is 12.1 Å². The molecule has 21 heavy (non-hydrogen) atoms. The highest BCUT2D eigenvalue weighted by Crippen LogP contribution is 2.34. The maximum atomic E-state index is 11.3. The van der Waals surface area contributed by atoms with Crippen LogP contribution in [0, 0.1) is 6.92 Å². The molecular weight excluding hydrogens is 270 g/mol. The van der Waals surface area contributed by atoms with E-state index < -0.39 is 0 Å². The predicted molar refractivity (Wildman–Crippen MR) is 80.4 cm³/mol. The number of fused-ring (bicyclic) bond motifs is 1. The van der Waals surface area contributed by atoms with Crippen LogP contribution >= 0.6 is 0 Å². The van der Waals surface area contributed by atoms with Gasteiger partial charge in [0.2, 0.25) is 0 Å². The summed E-state index contributed by atoms with van der Waals surface area (Å²) in [7, 11) is 0. The van der Waals surface area contributed by atoms with E-state index in [0.29, 0.717) is 23.7 Å². The fourth-order valence-electron chi connectivity index (χ4n) is 2.19. The molecule has 1 aromatic heterocycles. The Labute approximate surface area is 122 Å². The Morgan fingerprint density at radius 2 is 2.38 bits per heavy atom. The Morgan fingerprint density at radius 3 is 3.14 bits per heavy atom. The molecule has 7 nitrogen and oxygen atoms in total. The monoisotopic (exact) mass is 287 g/mol. The van der Waals surface area contributed by atoms with Crippen LogP contribution < -0.4 is 21.1 Å². The number of nitrogens with one attached hydrogen (secondary N) is 2. The van der Waals surface area contributed by atoms with E-state index in [9.17, 15) is 4.79 Å². The number of benzene rings is 1. The van der Waals surface area contributed by atoms with Gasteiger partial charge in [0.15, 0.2) is 6.61 Å². The maximum Gasteiger partial charge on any atom is 0.262 e. The van der Waals surface area contributed by atoms with Gasteiger partial charge in [-0.2, -0.15) is 5.10 Å². The number of ether oxygens (including phenoxy) is 1. The number of nitrogens with two attached hydrogens (primary N) is 1. The Bertz CT molecular complexity index is 680. The smallest absolute Gasteiger partial charge is 0.262 e. The second-order valence-corrected chi connectivity index (χ2v) is 4.98. The van der Waals surface area contributed by atoms with Crippen LogP contribution in [0.3, 0.4) is 0 Å². The lowest BCUT2D eigenvalue weighted by Gasteiger charge is -2.20. The first kappa shape index (κ1) is 13.3. The molecule has 1 amide bonds. The highest BCUT2D eigenvalue weighted by Gasteiger charge is 2.17. The van der Waals surface area contributed by atoms with Crippen molar-refractivity contribution < 1.29 is 9.53 Å². The summed E-state index contributed by atoms with van der Waals surface area (Å²) >= 11 is 0. The molecule has 0 fully saturated rings. The molecule has 7 heteroatoms. The zero-order chi connectivity index (χ0) is 14.8. The molecule has 0 atom stereocenters. The Balaban J connectivity index is 1.67. The first-order valence-corrected chi connectivity index (χ1v) is 6.71. The molecule has 4 N–H and O–H groups in total. The number of aryl methyl sites for hydroxylation is 1. The largest absolute Gasteiger partial charge is 0.482 e. The normalized spacial score (nSPS) is 13.3. The number of nitrogens with zero attached hydrogens (tertiary/aromatic N) is 2. The quantitative estimate of drug-likeness (QED) is 0.735. The summed E-state index contributed by atoms with van der Waals surface area (Å²) in [6.07, 6.45) is 3.80. The highest BCUT2D eigenvalue weighted by atomic mass is 16.5. The van der Waals surface area contributed by atoms with Gasteiger partial charge in [0, 0.05) is 18.8 Å². The highest BCUT2D eigenvalue weighted by molar-refractivity contribution is 5.97. The van der Waals surface area contributed by atoms with Crippen molar-refractivity contribution in [3.05, 3.63) is 30.1 Å². The number of anilines is 3. The third-order valence-electron chi connectivity index (χ3n) is 3.20. The summed E-state index contributed by atoms with van der Waals surface area (Å²) in [6.45, 7) is 3.44. The first-order chi connectivity index (χ1) is 10.1. The topological polar surface area (TPSA) is 94.2 Å². The van der Waals surface area contributed by atoms with Crippen molar-refractivity contribution in [3.63, 3.8) is 0 Å². The summed E-state index contributed by atoms with van der Waals surface area (Å²) in [5.74, 6) is 0.436. The van der Waals surface area contributed by atoms with Crippen LogP contribution in [0.1, 0.15) is 5.56 Å². The van der Waals surface area contributed by atoms with Gasteiger partial charge >= 0.3 is 0 Å². The lowest BCUT2D eigenvalue weighted by molar-refractivity contribution is -0.118. The molecule has 0 saturated carbocycles. The molecule has 1 aliphatic heterocycles. The number of hydrogen-bond donors (Lipinski definition) is 3. The van der Waals surface area contributed by atoms with Gasteiger partial charge in [-0.05, 0) is 18.6 Å². The molecule has 2 heterocycles. The number of carbonyl (C=O) groups is 1. The molecule has 0 unspecified atom stereocenters. The van der Waals surface area contributed by atoms with Gasteiger partial charge in [-0.25, -0.2) is 0 Å². The number of hydrogen-bond acceptors (Lipinski definition) is 5. The van der Waals surface area contributed by atoms with E-state index in [2.05, 4.69) is 15.7 Å². The number of amides is 1. The first-order valence-electron chi connectivity index (χ1n) is 6.71. The van der Waals surface area contributed by atoms with E-state index in [0.717, 1.165) is 17.8 Å². The second kappa shape index (κ2) is 5.35. The number of carbonyl (C=O) groups excluding carboxylic acids is 1. The SMILES string of the molecule is Cc1cnn(CCNc2cc3c(cc2N)OCC(=O)N3)c1. The molecule has 0 saturated heterocycles. The van der Waals surface area contributed by atoms with Gasteiger partial charge in [-0.3, -0.25) is 9.48 Å². The molecule has 0 aliphatic carbocycles. The van der Waals surface area contributed by atoms with Gasteiger partial charge < -0.3 is 21.1 Å². The zero-order valence-electron chi connectivity index (χ0n) is 11.7. The van der Waals surface area contributed by atoms with Gasteiger partial charge in [0.25, 0.3) is 5.91 Å². The van der Waals surface area contributed by atoms with Crippen molar-refractivity contribution in [3.8, 4) is 5.75 Å². The predicted octanol–water partition coefficient (Wildman–Crippen LogP) is 1.22. The van der Waals surface area contributed by atoms with Gasteiger partial charge in [0.05, 0.1) is 29.8 Å². The molecule has 1 aliphatic rings. The second-order valence-electron chi connectivity index (χ2n) is 4.98. The number of rotatable bonds is 4. The summed E-state index contributed by atoms with van der Waals surface area (Å²) in [6, 6.07) is 3.51. The van der Waals surface area contributed by atoms with Gasteiger partial charge in [0.1, 0.15) is 5.75 Å². The number of nitrogen functional groups attached to an aromatic ring is 1. The van der Waals surface area contributed by atoms with E-state index >= 15 is 0 Å². The van der Waals surface area contributed by atoms with Crippen LogP contribution in [0.25, 0.3) is 0 Å². The Hall–Kier alpha value is -2.70. The third kappa shape index (κ3) is 2.91. The molecule has 0 spiro atoms. The molecule has 0 bridgehead atoms. The van der Waals surface area contributed by atoms with Crippen molar-refractivity contribution in [2.24, 2.45) is 0 Å². The van der Waals surface area contributed by atoms with Crippen molar-refractivity contribution in [1.82, 2.24) is 9.78 Å². The number of aromatic nitrogens is 2. The summed E-state index contributed by atoms with van der Waals surface area (Å²) in [4.78, 5) is 11.3. The minimum atomic E-state index is -0.162. The van der Waals surface area contributed by atoms with E-state index in [1.807, 2.05) is 24.0 Å². The molecule has 2 aromatic rings. The zero-order valence-corrected chi connectivity index (χ0v) is 11.7. The summed E-state index contributed by atoms with van der Waals surface area (Å²) < 4.78 is 7.18. The standard InChI is InChI=1S/C14H17N5O2/c1-9-6-17-19(7-9)3-2-16-11-5-12-13(4-10(11)15)21-8-14(20)18-12/h4-7,16H,2-3,8,15H2,1H3,(H,18,20). The fraction of sp³-hybridized carbons (Fsp3) is 0.286.